The van der Waals surface area contributed by atoms with E-state index >= 15 is 0 Å². The van der Waals surface area contributed by atoms with Crippen molar-refractivity contribution < 1.29 is 9.53 Å². The summed E-state index contributed by atoms with van der Waals surface area (Å²) < 4.78 is 6.93. The van der Waals surface area contributed by atoms with Crippen molar-refractivity contribution in [3.05, 3.63) is 30.0 Å². The van der Waals surface area contributed by atoms with Crippen LogP contribution < -0.4 is 9.64 Å². The molecule has 2 heterocycles. The molecule has 2 aromatic rings. The summed E-state index contributed by atoms with van der Waals surface area (Å²) in [5.41, 5.74) is 1.28. The Balaban J connectivity index is 2.01. The predicted molar refractivity (Wildman–Crippen MR) is 87.6 cm³/mol. The van der Waals surface area contributed by atoms with Crippen LogP contribution in [0.3, 0.4) is 0 Å². The predicted octanol–water partition coefficient (Wildman–Crippen LogP) is 1.23. The van der Waals surface area contributed by atoms with Gasteiger partial charge >= 0.3 is 0 Å². The van der Waals surface area contributed by atoms with Crippen LogP contribution in [-0.4, -0.2) is 66.0 Å². The van der Waals surface area contributed by atoms with Gasteiger partial charge in [0, 0.05) is 33.1 Å². The minimum Gasteiger partial charge on any atom is -0.497 e. The van der Waals surface area contributed by atoms with Crippen molar-refractivity contribution in [1.29, 1.82) is 0 Å². The van der Waals surface area contributed by atoms with Crippen LogP contribution in [0, 0.1) is 0 Å². The summed E-state index contributed by atoms with van der Waals surface area (Å²) in [7, 11) is 3.73. The monoisotopic (exact) mass is 315 g/mol. The molecule has 3 rings (SSSR count). The lowest BCUT2D eigenvalue weighted by Gasteiger charge is -2.34. The van der Waals surface area contributed by atoms with Crippen LogP contribution in [0.1, 0.15) is 17.4 Å². The third-order valence-corrected chi connectivity index (χ3v) is 4.10. The molecular formula is C16H21N5O2. The summed E-state index contributed by atoms with van der Waals surface area (Å²) in [5, 5.41) is 8.31. The van der Waals surface area contributed by atoms with Gasteiger partial charge < -0.3 is 14.5 Å². The van der Waals surface area contributed by atoms with Gasteiger partial charge in [0.1, 0.15) is 5.75 Å². The van der Waals surface area contributed by atoms with Crippen molar-refractivity contribution in [2.75, 3.05) is 45.2 Å². The molecule has 0 spiro atoms. The lowest BCUT2D eigenvalue weighted by molar-refractivity contribution is 0.101. The first-order valence-corrected chi connectivity index (χ1v) is 7.64. The molecule has 0 bridgehead atoms. The number of Topliss-reactive ketones (excluding diaryl/α,β-unsaturated/α-hetero) is 1. The van der Waals surface area contributed by atoms with Crippen molar-refractivity contribution in [2.45, 2.75) is 6.92 Å². The number of methoxy groups -OCH3 is 1. The molecule has 0 atom stereocenters. The average molecular weight is 315 g/mol. The molecule has 1 saturated heterocycles. The fourth-order valence-electron chi connectivity index (χ4n) is 2.70. The molecule has 0 amide bonds. The molecule has 0 radical (unpaired) electrons. The molecule has 0 N–H and O–H groups in total. The Morgan fingerprint density at radius 2 is 1.78 bits per heavy atom. The maximum absolute atomic E-state index is 11.9. The van der Waals surface area contributed by atoms with Crippen LogP contribution in [0.4, 0.5) is 5.82 Å². The SMILES string of the molecule is COc1ccc(-n2nnc(C(C)=O)c2N2CCN(C)CC2)cc1. The summed E-state index contributed by atoms with van der Waals surface area (Å²) in [6, 6.07) is 7.57. The Hall–Kier alpha value is -2.41. The van der Waals surface area contributed by atoms with E-state index in [1.54, 1.807) is 11.8 Å². The van der Waals surface area contributed by atoms with Crippen LogP contribution in [0.2, 0.25) is 0 Å². The number of ether oxygens (including phenoxy) is 1. The number of anilines is 1. The molecule has 1 aliphatic rings. The van der Waals surface area contributed by atoms with Crippen LogP contribution >= 0.6 is 0 Å². The normalized spacial score (nSPS) is 15.7. The second kappa shape index (κ2) is 6.37. The van der Waals surface area contributed by atoms with Crippen LogP contribution in [0.25, 0.3) is 5.69 Å². The third kappa shape index (κ3) is 3.05. The second-order valence-corrected chi connectivity index (χ2v) is 5.72. The number of ketones is 1. The number of nitrogens with zero attached hydrogens (tertiary/aromatic N) is 5. The second-order valence-electron chi connectivity index (χ2n) is 5.72. The lowest BCUT2D eigenvalue weighted by Crippen LogP contribution is -2.45. The van der Waals surface area contributed by atoms with Gasteiger partial charge in [-0.05, 0) is 31.3 Å². The highest BCUT2D eigenvalue weighted by Crippen LogP contribution is 2.25. The number of likely N-dealkylation sites (N-methyl/N-ethyl adjacent to an activating group) is 1. The first kappa shape index (κ1) is 15.5. The van der Waals surface area contributed by atoms with Gasteiger partial charge in [-0.2, -0.15) is 4.68 Å². The zero-order valence-electron chi connectivity index (χ0n) is 13.7. The molecule has 0 saturated carbocycles. The van der Waals surface area contributed by atoms with E-state index in [-0.39, 0.29) is 5.78 Å². The summed E-state index contributed by atoms with van der Waals surface area (Å²) in [6.07, 6.45) is 0. The topological polar surface area (TPSA) is 63.5 Å². The highest BCUT2D eigenvalue weighted by Gasteiger charge is 2.25. The van der Waals surface area contributed by atoms with Crippen molar-refractivity contribution >= 4 is 11.6 Å². The standard InChI is InChI=1S/C16H21N5O2/c1-12(22)15-16(20-10-8-19(2)9-11-20)21(18-17-15)13-4-6-14(23-3)7-5-13/h4-7H,8-11H2,1-3H3. The number of hydrogen-bond donors (Lipinski definition) is 0. The molecule has 0 aliphatic carbocycles. The van der Waals surface area contributed by atoms with Crippen molar-refractivity contribution in [3.63, 3.8) is 0 Å². The Morgan fingerprint density at radius 1 is 1.13 bits per heavy atom. The number of carbonyl (C=O) groups excluding carboxylic acids is 1. The maximum Gasteiger partial charge on any atom is 0.183 e. The summed E-state index contributed by atoms with van der Waals surface area (Å²) in [5.74, 6) is 1.48. The van der Waals surface area contributed by atoms with E-state index in [0.717, 1.165) is 43.4 Å². The molecule has 0 unspecified atom stereocenters. The van der Waals surface area contributed by atoms with Gasteiger partial charge in [-0.25, -0.2) is 0 Å². The largest absolute Gasteiger partial charge is 0.497 e. The summed E-state index contributed by atoms with van der Waals surface area (Å²) >= 11 is 0. The van der Waals surface area contributed by atoms with E-state index in [9.17, 15) is 4.79 Å². The average Bonchev–Trinajstić information content (AvgIpc) is 3.01. The van der Waals surface area contributed by atoms with E-state index < -0.39 is 0 Å². The van der Waals surface area contributed by atoms with Gasteiger partial charge in [-0.1, -0.05) is 5.21 Å². The summed E-state index contributed by atoms with van der Waals surface area (Å²) in [4.78, 5) is 16.4. The van der Waals surface area contributed by atoms with E-state index in [4.69, 9.17) is 4.74 Å². The quantitative estimate of drug-likeness (QED) is 0.791. The van der Waals surface area contributed by atoms with Crippen molar-refractivity contribution in [1.82, 2.24) is 19.9 Å². The summed E-state index contributed by atoms with van der Waals surface area (Å²) in [6.45, 7) is 5.12. The zero-order valence-corrected chi connectivity index (χ0v) is 13.7. The maximum atomic E-state index is 11.9. The number of hydrogen-bond acceptors (Lipinski definition) is 6. The lowest BCUT2D eigenvalue weighted by atomic mass is 10.2. The van der Waals surface area contributed by atoms with E-state index in [1.165, 1.54) is 6.92 Å². The van der Waals surface area contributed by atoms with E-state index in [0.29, 0.717) is 5.69 Å². The Morgan fingerprint density at radius 3 is 2.35 bits per heavy atom. The minimum absolute atomic E-state index is 0.0707. The van der Waals surface area contributed by atoms with Gasteiger partial charge in [-0.3, -0.25) is 4.79 Å². The first-order valence-electron chi connectivity index (χ1n) is 7.64. The van der Waals surface area contributed by atoms with Crippen LogP contribution in [0.15, 0.2) is 24.3 Å². The number of benzene rings is 1. The number of piperazine rings is 1. The smallest absolute Gasteiger partial charge is 0.183 e. The van der Waals surface area contributed by atoms with Gasteiger partial charge in [0.2, 0.25) is 0 Å². The van der Waals surface area contributed by atoms with Gasteiger partial charge in [0.15, 0.2) is 17.3 Å². The molecule has 7 nitrogen and oxygen atoms in total. The molecule has 23 heavy (non-hydrogen) atoms. The minimum atomic E-state index is -0.0707. The number of aromatic nitrogens is 3. The fraction of sp³-hybridized carbons (Fsp3) is 0.438. The van der Waals surface area contributed by atoms with Crippen LogP contribution in [-0.2, 0) is 0 Å². The number of carbonyl (C=O) groups is 1. The molecular weight excluding hydrogens is 294 g/mol. The van der Waals surface area contributed by atoms with Crippen LogP contribution in [0.5, 0.6) is 5.75 Å². The first-order chi connectivity index (χ1) is 11.1. The number of rotatable bonds is 4. The van der Waals surface area contributed by atoms with Gasteiger partial charge in [0.05, 0.1) is 12.8 Å². The Kier molecular flexibility index (Phi) is 4.29. The Labute approximate surface area is 135 Å². The molecule has 1 fully saturated rings. The van der Waals surface area contributed by atoms with Gasteiger partial charge in [-0.15, -0.1) is 5.10 Å². The molecule has 122 valence electrons. The van der Waals surface area contributed by atoms with E-state index in [2.05, 4.69) is 27.2 Å². The highest BCUT2D eigenvalue weighted by molar-refractivity contribution is 5.97. The van der Waals surface area contributed by atoms with Gasteiger partial charge in [0.25, 0.3) is 0 Å². The molecule has 1 aromatic carbocycles. The van der Waals surface area contributed by atoms with Crippen molar-refractivity contribution in [3.8, 4) is 11.4 Å². The molecule has 1 aromatic heterocycles. The fourth-order valence-corrected chi connectivity index (χ4v) is 2.70. The highest BCUT2D eigenvalue weighted by atomic mass is 16.5. The van der Waals surface area contributed by atoms with E-state index in [1.807, 2.05) is 24.3 Å². The Bertz CT molecular complexity index is 687. The van der Waals surface area contributed by atoms with Crippen molar-refractivity contribution in [2.24, 2.45) is 0 Å². The molecule has 7 heteroatoms. The zero-order chi connectivity index (χ0) is 16.4. The third-order valence-electron chi connectivity index (χ3n) is 4.10. The molecule has 1 aliphatic heterocycles.